The van der Waals surface area contributed by atoms with E-state index >= 15 is 0 Å². The van der Waals surface area contributed by atoms with Crippen LogP contribution in [-0.4, -0.2) is 34.0 Å². The molecular weight excluding hydrogens is 203 g/mol. The highest BCUT2D eigenvalue weighted by Gasteiger charge is 2.41. The van der Waals surface area contributed by atoms with Gasteiger partial charge in [-0.05, 0) is 13.0 Å². The van der Waals surface area contributed by atoms with Crippen LogP contribution in [0.2, 0.25) is 0 Å². The van der Waals surface area contributed by atoms with Gasteiger partial charge in [0.1, 0.15) is 6.04 Å². The molecule has 13 heavy (non-hydrogen) atoms. The number of hydrogen-bond acceptors (Lipinski definition) is 2. The van der Waals surface area contributed by atoms with Gasteiger partial charge < -0.3 is 5.32 Å². The Morgan fingerprint density at radius 2 is 2.08 bits per heavy atom. The first-order valence-corrected chi connectivity index (χ1v) is 5.46. The first kappa shape index (κ1) is 11.0. The minimum Gasteiger partial charge on any atom is -0.305 e. The fraction of sp³-hybridized carbons (Fsp3) is 1.00. The standard InChI is InChI=1S/C7H12F3NOS/c1-5-2-3-11-6(4-13(5)12)7(8,9)10/h5-6,11H,2-4H2,1H3. The van der Waals surface area contributed by atoms with E-state index < -0.39 is 23.0 Å². The fourth-order valence-corrected chi connectivity index (χ4v) is 2.53. The van der Waals surface area contributed by atoms with Crippen LogP contribution >= 0.6 is 0 Å². The molecule has 1 saturated heterocycles. The zero-order valence-corrected chi connectivity index (χ0v) is 8.04. The summed E-state index contributed by atoms with van der Waals surface area (Å²) in [6, 6.07) is -1.60. The topological polar surface area (TPSA) is 29.1 Å². The molecule has 0 aliphatic carbocycles. The maximum absolute atomic E-state index is 12.2. The van der Waals surface area contributed by atoms with Gasteiger partial charge in [0, 0.05) is 21.8 Å². The van der Waals surface area contributed by atoms with Crippen LogP contribution in [0.3, 0.4) is 0 Å². The Morgan fingerprint density at radius 3 is 2.62 bits per heavy atom. The molecule has 1 fully saturated rings. The van der Waals surface area contributed by atoms with Crippen molar-refractivity contribution in [2.75, 3.05) is 12.3 Å². The highest BCUT2D eigenvalue weighted by molar-refractivity contribution is 7.85. The predicted molar refractivity (Wildman–Crippen MR) is 44.9 cm³/mol. The van der Waals surface area contributed by atoms with E-state index in [4.69, 9.17) is 0 Å². The molecule has 0 bridgehead atoms. The Kier molecular flexibility index (Phi) is 3.34. The number of rotatable bonds is 0. The predicted octanol–water partition coefficient (Wildman–Crippen LogP) is 1.05. The van der Waals surface area contributed by atoms with Gasteiger partial charge in [-0.2, -0.15) is 13.2 Å². The van der Waals surface area contributed by atoms with Crippen LogP contribution in [0.25, 0.3) is 0 Å². The molecule has 0 saturated carbocycles. The second-order valence-electron chi connectivity index (χ2n) is 3.20. The highest BCUT2D eigenvalue weighted by atomic mass is 32.2. The van der Waals surface area contributed by atoms with E-state index in [1.54, 1.807) is 6.92 Å². The number of hydrogen-bond donors (Lipinski definition) is 1. The van der Waals surface area contributed by atoms with Gasteiger partial charge in [0.25, 0.3) is 0 Å². The summed E-state index contributed by atoms with van der Waals surface area (Å²) < 4.78 is 47.9. The number of nitrogens with one attached hydrogen (secondary N) is 1. The molecular formula is C7H12F3NOS. The number of alkyl halides is 3. The van der Waals surface area contributed by atoms with Crippen molar-refractivity contribution in [3.05, 3.63) is 0 Å². The van der Waals surface area contributed by atoms with E-state index in [0.717, 1.165) is 0 Å². The third kappa shape index (κ3) is 2.95. The summed E-state index contributed by atoms with van der Waals surface area (Å²) in [4.78, 5) is 0. The van der Waals surface area contributed by atoms with Gasteiger partial charge in [-0.25, -0.2) is 0 Å². The minimum absolute atomic E-state index is 0.139. The summed E-state index contributed by atoms with van der Waals surface area (Å²) in [6.45, 7) is 2.01. The normalized spacial score (nSPS) is 37.1. The summed E-state index contributed by atoms with van der Waals surface area (Å²) in [6.07, 6.45) is -3.74. The Labute approximate surface area is 77.3 Å². The maximum atomic E-state index is 12.2. The van der Waals surface area contributed by atoms with Crippen LogP contribution in [0, 0.1) is 0 Å². The van der Waals surface area contributed by atoms with Crippen molar-refractivity contribution in [3.8, 4) is 0 Å². The Hall–Kier alpha value is -0.100. The Morgan fingerprint density at radius 1 is 1.46 bits per heavy atom. The monoisotopic (exact) mass is 215 g/mol. The molecule has 1 rings (SSSR count). The zero-order valence-electron chi connectivity index (χ0n) is 7.23. The lowest BCUT2D eigenvalue weighted by atomic mass is 10.3. The first-order chi connectivity index (χ1) is 5.91. The largest absolute Gasteiger partial charge is 0.404 e. The van der Waals surface area contributed by atoms with E-state index in [1.807, 2.05) is 0 Å². The average molecular weight is 215 g/mol. The third-order valence-corrected chi connectivity index (χ3v) is 3.91. The summed E-state index contributed by atoms with van der Waals surface area (Å²) in [5.41, 5.74) is 0. The molecule has 6 heteroatoms. The lowest BCUT2D eigenvalue weighted by Crippen LogP contribution is -2.44. The van der Waals surface area contributed by atoms with Crippen LogP contribution in [0.4, 0.5) is 13.2 Å². The van der Waals surface area contributed by atoms with Crippen LogP contribution in [0.15, 0.2) is 0 Å². The van der Waals surface area contributed by atoms with Crippen molar-refractivity contribution in [3.63, 3.8) is 0 Å². The van der Waals surface area contributed by atoms with Gasteiger partial charge in [-0.15, -0.1) is 0 Å². The molecule has 2 nitrogen and oxygen atoms in total. The van der Waals surface area contributed by atoms with Crippen LogP contribution < -0.4 is 5.32 Å². The molecule has 0 aromatic rings. The number of halogens is 3. The van der Waals surface area contributed by atoms with Gasteiger partial charge in [0.2, 0.25) is 0 Å². The molecule has 0 amide bonds. The molecule has 1 aliphatic rings. The zero-order chi connectivity index (χ0) is 10.1. The molecule has 1 aliphatic heterocycles. The van der Waals surface area contributed by atoms with E-state index in [1.165, 1.54) is 0 Å². The molecule has 0 aromatic carbocycles. The molecule has 0 radical (unpaired) electrons. The lowest BCUT2D eigenvalue weighted by molar-refractivity contribution is -0.150. The van der Waals surface area contributed by atoms with Crippen molar-refractivity contribution in [1.82, 2.24) is 5.32 Å². The smallest absolute Gasteiger partial charge is 0.305 e. The lowest BCUT2D eigenvalue weighted by Gasteiger charge is -2.18. The quantitative estimate of drug-likeness (QED) is 0.654. The van der Waals surface area contributed by atoms with Crippen LogP contribution in [0.1, 0.15) is 13.3 Å². The van der Waals surface area contributed by atoms with Crippen LogP contribution in [-0.2, 0) is 10.8 Å². The summed E-state index contributed by atoms with van der Waals surface area (Å²) >= 11 is 0. The summed E-state index contributed by atoms with van der Waals surface area (Å²) in [5.74, 6) is -0.315. The third-order valence-electron chi connectivity index (χ3n) is 2.12. The Bertz CT molecular complexity index is 206. The molecule has 3 atom stereocenters. The second kappa shape index (κ2) is 3.96. The molecule has 3 unspecified atom stereocenters. The van der Waals surface area contributed by atoms with Crippen molar-refractivity contribution >= 4 is 10.8 Å². The van der Waals surface area contributed by atoms with Gasteiger partial charge in [0.15, 0.2) is 0 Å². The summed E-state index contributed by atoms with van der Waals surface area (Å²) in [5, 5.41) is 2.23. The van der Waals surface area contributed by atoms with Crippen LogP contribution in [0.5, 0.6) is 0 Å². The van der Waals surface area contributed by atoms with Crippen molar-refractivity contribution in [1.29, 1.82) is 0 Å². The van der Waals surface area contributed by atoms with Gasteiger partial charge in [-0.1, -0.05) is 6.92 Å². The Balaban J connectivity index is 2.65. The van der Waals surface area contributed by atoms with Gasteiger partial charge in [-0.3, -0.25) is 4.21 Å². The fourth-order valence-electron chi connectivity index (χ4n) is 1.19. The maximum Gasteiger partial charge on any atom is 0.404 e. The summed E-state index contributed by atoms with van der Waals surface area (Å²) in [7, 11) is -1.36. The molecule has 0 aromatic heterocycles. The van der Waals surface area contributed by atoms with E-state index in [2.05, 4.69) is 5.32 Å². The van der Waals surface area contributed by atoms with E-state index in [0.29, 0.717) is 6.42 Å². The SMILES string of the molecule is CC1CCNC(C(F)(F)F)CS1=O. The molecule has 1 N–H and O–H groups in total. The van der Waals surface area contributed by atoms with Gasteiger partial charge >= 0.3 is 6.18 Å². The van der Waals surface area contributed by atoms with Crippen molar-refractivity contribution < 1.29 is 17.4 Å². The average Bonchev–Trinajstić information content (AvgIpc) is 2.13. The first-order valence-electron chi connectivity index (χ1n) is 4.08. The molecule has 1 heterocycles. The van der Waals surface area contributed by atoms with Crippen molar-refractivity contribution in [2.24, 2.45) is 0 Å². The second-order valence-corrected chi connectivity index (χ2v) is 5.09. The van der Waals surface area contributed by atoms with Gasteiger partial charge in [0.05, 0.1) is 0 Å². The molecule has 78 valence electrons. The molecule has 0 spiro atoms. The van der Waals surface area contributed by atoms with E-state index in [9.17, 15) is 17.4 Å². The van der Waals surface area contributed by atoms with Crippen molar-refractivity contribution in [2.45, 2.75) is 30.8 Å². The van der Waals surface area contributed by atoms with E-state index in [-0.39, 0.29) is 17.5 Å². The minimum atomic E-state index is -4.28. The highest BCUT2D eigenvalue weighted by Crippen LogP contribution is 2.23.